The Morgan fingerprint density at radius 3 is 2.48 bits per heavy atom. The molecule has 1 atom stereocenters. The molecular formula is C17H20BrNO2. The van der Waals surface area contributed by atoms with Crippen molar-refractivity contribution in [2.24, 2.45) is 0 Å². The fourth-order valence-corrected chi connectivity index (χ4v) is 2.56. The second-order valence-corrected chi connectivity index (χ2v) is 5.73. The number of rotatable bonds is 6. The van der Waals surface area contributed by atoms with Crippen molar-refractivity contribution >= 4 is 15.9 Å². The average molecular weight is 350 g/mol. The van der Waals surface area contributed by atoms with Crippen molar-refractivity contribution in [3.8, 4) is 11.5 Å². The van der Waals surface area contributed by atoms with Crippen LogP contribution in [-0.4, -0.2) is 11.7 Å². The van der Waals surface area contributed by atoms with Gasteiger partial charge in [-0.25, -0.2) is 0 Å². The van der Waals surface area contributed by atoms with Crippen molar-refractivity contribution in [1.82, 2.24) is 5.32 Å². The maximum absolute atomic E-state index is 9.03. The molecule has 0 spiro atoms. The van der Waals surface area contributed by atoms with E-state index < -0.39 is 0 Å². The van der Waals surface area contributed by atoms with Crippen LogP contribution in [0.25, 0.3) is 0 Å². The molecule has 112 valence electrons. The zero-order chi connectivity index (χ0) is 15.2. The first kappa shape index (κ1) is 16.0. The predicted molar refractivity (Wildman–Crippen MR) is 88.7 cm³/mol. The van der Waals surface area contributed by atoms with E-state index in [1.807, 2.05) is 30.3 Å². The van der Waals surface area contributed by atoms with Gasteiger partial charge in [0, 0.05) is 6.04 Å². The second-order valence-electron chi connectivity index (χ2n) is 4.87. The van der Waals surface area contributed by atoms with Crippen LogP contribution < -0.4 is 10.1 Å². The predicted octanol–water partition coefficient (Wildman–Crippen LogP) is 4.40. The molecule has 0 fully saturated rings. The molecule has 0 saturated heterocycles. The average Bonchev–Trinajstić information content (AvgIpc) is 2.50. The Labute approximate surface area is 134 Å². The summed E-state index contributed by atoms with van der Waals surface area (Å²) in [5.74, 6) is 1.53. The van der Waals surface area contributed by atoms with Gasteiger partial charge in [-0.1, -0.05) is 25.1 Å². The minimum absolute atomic E-state index is 0.0426. The van der Waals surface area contributed by atoms with Crippen LogP contribution in [0.5, 0.6) is 11.5 Å². The van der Waals surface area contributed by atoms with Crippen molar-refractivity contribution in [1.29, 1.82) is 0 Å². The quantitative estimate of drug-likeness (QED) is 0.811. The van der Waals surface area contributed by atoms with Gasteiger partial charge < -0.3 is 15.2 Å². The minimum atomic E-state index is 0.0426. The van der Waals surface area contributed by atoms with Crippen LogP contribution in [-0.2, 0) is 6.61 Å². The number of aliphatic hydroxyl groups is 1. The monoisotopic (exact) mass is 349 g/mol. The number of hydrogen-bond donors (Lipinski definition) is 2. The molecule has 2 N–H and O–H groups in total. The van der Waals surface area contributed by atoms with Gasteiger partial charge in [-0.3, -0.25) is 0 Å². The molecule has 2 aromatic rings. The third-order valence-corrected chi connectivity index (χ3v) is 3.92. The first-order valence-corrected chi connectivity index (χ1v) is 7.83. The molecule has 0 aliphatic rings. The Morgan fingerprint density at radius 2 is 1.90 bits per heavy atom. The molecule has 0 heterocycles. The van der Waals surface area contributed by atoms with Crippen LogP contribution in [0.2, 0.25) is 0 Å². The van der Waals surface area contributed by atoms with E-state index in [0.717, 1.165) is 28.1 Å². The number of hydrogen-bond acceptors (Lipinski definition) is 3. The van der Waals surface area contributed by atoms with E-state index >= 15 is 0 Å². The normalized spacial score (nSPS) is 12.2. The van der Waals surface area contributed by atoms with Crippen molar-refractivity contribution in [2.45, 2.75) is 26.5 Å². The molecular weight excluding hydrogens is 330 g/mol. The summed E-state index contributed by atoms with van der Waals surface area (Å²) in [7, 11) is 0. The van der Waals surface area contributed by atoms with Gasteiger partial charge in [0.1, 0.15) is 11.5 Å². The van der Waals surface area contributed by atoms with Crippen LogP contribution in [0.15, 0.2) is 46.9 Å². The molecule has 0 aliphatic heterocycles. The summed E-state index contributed by atoms with van der Waals surface area (Å²) >= 11 is 3.56. The van der Waals surface area contributed by atoms with Crippen molar-refractivity contribution in [2.75, 3.05) is 6.54 Å². The highest BCUT2D eigenvalue weighted by Crippen LogP contribution is 2.32. The number of benzene rings is 2. The maximum atomic E-state index is 9.03. The van der Waals surface area contributed by atoms with Gasteiger partial charge in [0.05, 0.1) is 11.1 Å². The molecule has 0 saturated carbocycles. The van der Waals surface area contributed by atoms with E-state index in [2.05, 4.69) is 47.2 Å². The van der Waals surface area contributed by atoms with Crippen molar-refractivity contribution in [3.63, 3.8) is 0 Å². The Morgan fingerprint density at radius 1 is 1.19 bits per heavy atom. The summed E-state index contributed by atoms with van der Waals surface area (Å²) in [6.45, 7) is 5.22. The topological polar surface area (TPSA) is 41.5 Å². The smallest absolute Gasteiger partial charge is 0.141 e. The molecule has 21 heavy (non-hydrogen) atoms. The Hall–Kier alpha value is -1.36. The highest BCUT2D eigenvalue weighted by Gasteiger charge is 2.08. The van der Waals surface area contributed by atoms with Gasteiger partial charge in [0.2, 0.25) is 0 Å². The molecule has 2 aromatic carbocycles. The van der Waals surface area contributed by atoms with Crippen LogP contribution in [0.4, 0.5) is 0 Å². The summed E-state index contributed by atoms with van der Waals surface area (Å²) in [5.41, 5.74) is 2.09. The molecule has 1 unspecified atom stereocenters. The number of aliphatic hydroxyl groups excluding tert-OH is 1. The largest absolute Gasteiger partial charge is 0.456 e. The first-order chi connectivity index (χ1) is 10.1. The fourth-order valence-electron chi connectivity index (χ4n) is 2.08. The summed E-state index contributed by atoms with van der Waals surface area (Å²) in [6.07, 6.45) is 0. The standard InChI is InChI=1S/C17H20BrNO2/c1-3-19-12(2)14-6-9-17(16(18)10-14)21-15-7-4-13(11-20)5-8-15/h4-10,12,19-20H,3,11H2,1-2H3. The highest BCUT2D eigenvalue weighted by atomic mass is 79.9. The lowest BCUT2D eigenvalue weighted by Crippen LogP contribution is -2.17. The van der Waals surface area contributed by atoms with E-state index in [9.17, 15) is 0 Å². The van der Waals surface area contributed by atoms with Crippen molar-refractivity contribution in [3.05, 3.63) is 58.1 Å². The van der Waals surface area contributed by atoms with E-state index in [1.54, 1.807) is 0 Å². The van der Waals surface area contributed by atoms with E-state index in [4.69, 9.17) is 9.84 Å². The van der Waals surface area contributed by atoms with Gasteiger partial charge in [0.15, 0.2) is 0 Å². The Balaban J connectivity index is 2.13. The van der Waals surface area contributed by atoms with E-state index in [0.29, 0.717) is 6.04 Å². The number of nitrogens with one attached hydrogen (secondary N) is 1. The molecule has 0 aromatic heterocycles. The lowest BCUT2D eigenvalue weighted by molar-refractivity contribution is 0.281. The van der Waals surface area contributed by atoms with Gasteiger partial charge in [-0.15, -0.1) is 0 Å². The molecule has 4 heteroatoms. The van der Waals surface area contributed by atoms with Crippen LogP contribution in [0.1, 0.15) is 31.0 Å². The molecule has 0 radical (unpaired) electrons. The Bertz CT molecular complexity index is 584. The second kappa shape index (κ2) is 7.59. The van der Waals surface area contributed by atoms with Crippen LogP contribution in [0, 0.1) is 0 Å². The maximum Gasteiger partial charge on any atom is 0.141 e. The van der Waals surface area contributed by atoms with Gasteiger partial charge in [0.25, 0.3) is 0 Å². The zero-order valence-corrected chi connectivity index (χ0v) is 13.9. The number of halogens is 1. The molecule has 0 aliphatic carbocycles. The molecule has 0 amide bonds. The zero-order valence-electron chi connectivity index (χ0n) is 12.3. The summed E-state index contributed by atoms with van der Waals surface area (Å²) in [4.78, 5) is 0. The van der Waals surface area contributed by atoms with Gasteiger partial charge >= 0.3 is 0 Å². The van der Waals surface area contributed by atoms with Gasteiger partial charge in [-0.05, 0) is 64.8 Å². The minimum Gasteiger partial charge on any atom is -0.456 e. The SMILES string of the molecule is CCNC(C)c1ccc(Oc2ccc(CO)cc2)c(Br)c1. The van der Waals surface area contributed by atoms with E-state index in [1.165, 1.54) is 5.56 Å². The molecule has 3 nitrogen and oxygen atoms in total. The molecule has 2 rings (SSSR count). The lowest BCUT2D eigenvalue weighted by Gasteiger charge is -2.15. The number of ether oxygens (including phenoxy) is 1. The first-order valence-electron chi connectivity index (χ1n) is 7.04. The lowest BCUT2D eigenvalue weighted by atomic mass is 10.1. The third kappa shape index (κ3) is 4.30. The van der Waals surface area contributed by atoms with Crippen LogP contribution >= 0.6 is 15.9 Å². The molecule has 0 bridgehead atoms. The Kier molecular flexibility index (Phi) is 5.79. The van der Waals surface area contributed by atoms with Gasteiger partial charge in [-0.2, -0.15) is 0 Å². The van der Waals surface area contributed by atoms with Crippen molar-refractivity contribution < 1.29 is 9.84 Å². The summed E-state index contributed by atoms with van der Waals surface area (Å²) < 4.78 is 6.78. The van der Waals surface area contributed by atoms with Crippen LogP contribution in [0.3, 0.4) is 0 Å². The summed E-state index contributed by atoms with van der Waals surface area (Å²) in [6, 6.07) is 13.8. The highest BCUT2D eigenvalue weighted by molar-refractivity contribution is 9.10. The third-order valence-electron chi connectivity index (χ3n) is 3.30. The fraction of sp³-hybridized carbons (Fsp3) is 0.294. The summed E-state index contributed by atoms with van der Waals surface area (Å²) in [5, 5.41) is 12.4. The van der Waals surface area contributed by atoms with E-state index in [-0.39, 0.29) is 6.61 Å².